The highest BCUT2D eigenvalue weighted by molar-refractivity contribution is 8.00. The summed E-state index contributed by atoms with van der Waals surface area (Å²) in [5, 5.41) is 18.5. The van der Waals surface area contributed by atoms with Crippen LogP contribution in [-0.2, 0) is 13.0 Å². The molecule has 4 rings (SSSR count). The lowest BCUT2D eigenvalue weighted by atomic mass is 10.1. The van der Waals surface area contributed by atoms with Crippen LogP contribution in [0.25, 0.3) is 5.69 Å². The van der Waals surface area contributed by atoms with Gasteiger partial charge in [-0.2, -0.15) is 5.26 Å². The molecule has 1 aromatic heterocycles. The zero-order valence-electron chi connectivity index (χ0n) is 16.6. The van der Waals surface area contributed by atoms with Gasteiger partial charge in [-0.1, -0.05) is 72.4 Å². The third-order valence-electron chi connectivity index (χ3n) is 4.56. The second-order valence-corrected chi connectivity index (χ2v) is 7.88. The number of rotatable bonds is 8. The number of halogens is 1. The molecule has 0 saturated heterocycles. The first kappa shape index (κ1) is 20.6. The highest BCUT2D eigenvalue weighted by Gasteiger charge is 2.20. The number of nitriles is 1. The van der Waals surface area contributed by atoms with Crippen molar-refractivity contribution in [3.63, 3.8) is 0 Å². The van der Waals surface area contributed by atoms with Gasteiger partial charge in [-0.15, -0.1) is 10.2 Å². The summed E-state index contributed by atoms with van der Waals surface area (Å²) < 4.78 is 21.4. The van der Waals surface area contributed by atoms with E-state index in [9.17, 15) is 9.65 Å². The molecule has 4 aromatic rings. The molecular weight excluding hydrogens is 411 g/mol. The third-order valence-corrected chi connectivity index (χ3v) is 5.60. The first-order valence-electron chi connectivity index (χ1n) is 9.72. The van der Waals surface area contributed by atoms with Crippen molar-refractivity contribution in [1.82, 2.24) is 14.8 Å². The maximum Gasteiger partial charge on any atom is 0.197 e. The second kappa shape index (κ2) is 9.92. The Labute approximate surface area is 184 Å². The molecule has 1 atom stereocenters. The molecule has 0 aliphatic rings. The number of hydrogen-bond acceptors (Lipinski definition) is 5. The van der Waals surface area contributed by atoms with Crippen LogP contribution < -0.4 is 4.74 Å². The lowest BCUT2D eigenvalue weighted by molar-refractivity contribution is 0.278. The van der Waals surface area contributed by atoms with Crippen molar-refractivity contribution in [3.05, 3.63) is 102 Å². The van der Waals surface area contributed by atoms with Gasteiger partial charge in [0.2, 0.25) is 0 Å². The predicted molar refractivity (Wildman–Crippen MR) is 117 cm³/mol. The van der Waals surface area contributed by atoms with E-state index >= 15 is 0 Å². The van der Waals surface area contributed by atoms with Crippen LogP contribution in [0.1, 0.15) is 11.4 Å². The molecule has 0 aliphatic carbocycles. The van der Waals surface area contributed by atoms with E-state index in [1.165, 1.54) is 17.8 Å². The summed E-state index contributed by atoms with van der Waals surface area (Å²) in [4.78, 5) is 0. The van der Waals surface area contributed by atoms with E-state index in [1.807, 2.05) is 65.2 Å². The van der Waals surface area contributed by atoms with Crippen LogP contribution in [-0.4, -0.2) is 20.0 Å². The van der Waals surface area contributed by atoms with Crippen molar-refractivity contribution < 1.29 is 9.13 Å². The first-order chi connectivity index (χ1) is 15.2. The summed E-state index contributed by atoms with van der Waals surface area (Å²) in [7, 11) is 0. The van der Waals surface area contributed by atoms with Gasteiger partial charge < -0.3 is 4.74 Å². The highest BCUT2D eigenvalue weighted by Crippen LogP contribution is 2.28. The average molecular weight is 431 g/mol. The summed E-state index contributed by atoms with van der Waals surface area (Å²) in [6, 6.07) is 28.1. The number of ether oxygens (including phenoxy) is 1. The van der Waals surface area contributed by atoms with E-state index in [4.69, 9.17) is 4.74 Å². The zero-order valence-corrected chi connectivity index (χ0v) is 17.4. The van der Waals surface area contributed by atoms with Crippen LogP contribution in [0.5, 0.6) is 5.75 Å². The summed E-state index contributed by atoms with van der Waals surface area (Å²) in [5.41, 5.74) is 1.92. The van der Waals surface area contributed by atoms with Gasteiger partial charge in [0.1, 0.15) is 11.9 Å². The van der Waals surface area contributed by atoms with Gasteiger partial charge in [-0.25, -0.2) is 4.39 Å². The largest absolute Gasteiger partial charge is 0.483 e. The summed E-state index contributed by atoms with van der Waals surface area (Å²) in [6.45, 7) is 0.0410. The van der Waals surface area contributed by atoms with Crippen LogP contribution in [0.4, 0.5) is 4.39 Å². The molecule has 0 spiro atoms. The van der Waals surface area contributed by atoms with Crippen LogP contribution in [0.3, 0.4) is 0 Å². The van der Waals surface area contributed by atoms with Crippen molar-refractivity contribution in [1.29, 1.82) is 5.26 Å². The lowest BCUT2D eigenvalue weighted by Gasteiger charge is -2.13. The van der Waals surface area contributed by atoms with Crippen molar-refractivity contribution >= 4 is 11.8 Å². The summed E-state index contributed by atoms with van der Waals surface area (Å²) >= 11 is 1.35. The predicted octanol–water partition coefficient (Wildman–Crippen LogP) is 5.21. The standard InChI is InChI=1S/C24H19FN4OS/c25-21-13-7-8-14-22(21)30-17-23-27-28-24(29(23)19-11-5-2-6-12-19)31-20(16-26)15-18-9-3-1-4-10-18/h1-14,20H,15,17H2/t20-/m1/s1. The van der Waals surface area contributed by atoms with E-state index in [0.29, 0.717) is 17.4 Å². The lowest BCUT2D eigenvalue weighted by Crippen LogP contribution is -2.09. The van der Waals surface area contributed by atoms with Crippen molar-refractivity contribution in [2.45, 2.75) is 23.4 Å². The maximum atomic E-state index is 13.9. The van der Waals surface area contributed by atoms with Crippen molar-refractivity contribution in [2.24, 2.45) is 0 Å². The second-order valence-electron chi connectivity index (χ2n) is 6.71. The van der Waals surface area contributed by atoms with Crippen LogP contribution in [0.2, 0.25) is 0 Å². The minimum Gasteiger partial charge on any atom is -0.483 e. The molecule has 0 unspecified atom stereocenters. The molecule has 154 valence electrons. The van der Waals surface area contributed by atoms with E-state index in [2.05, 4.69) is 16.3 Å². The average Bonchev–Trinajstić information content (AvgIpc) is 3.21. The van der Waals surface area contributed by atoms with Gasteiger partial charge in [0, 0.05) is 5.69 Å². The van der Waals surface area contributed by atoms with Gasteiger partial charge in [0.25, 0.3) is 0 Å². The van der Waals surface area contributed by atoms with Crippen LogP contribution >= 0.6 is 11.8 Å². The Morgan fingerprint density at radius 3 is 2.32 bits per heavy atom. The minimum absolute atomic E-state index is 0.0410. The first-order valence-corrected chi connectivity index (χ1v) is 10.6. The fourth-order valence-electron chi connectivity index (χ4n) is 3.08. The number of aromatic nitrogens is 3. The normalized spacial score (nSPS) is 11.6. The van der Waals surface area contributed by atoms with Crippen LogP contribution in [0.15, 0.2) is 90.1 Å². The molecule has 7 heteroatoms. The number of benzene rings is 3. The maximum absolute atomic E-state index is 13.9. The molecule has 0 fully saturated rings. The molecular formula is C24H19FN4OS. The van der Waals surface area contributed by atoms with E-state index in [-0.39, 0.29) is 17.6 Å². The fraction of sp³-hybridized carbons (Fsp3) is 0.125. The molecule has 0 amide bonds. The van der Waals surface area contributed by atoms with Gasteiger partial charge in [-0.05, 0) is 36.2 Å². The fourth-order valence-corrected chi connectivity index (χ4v) is 4.07. The van der Waals surface area contributed by atoms with E-state index in [0.717, 1.165) is 11.3 Å². The molecule has 3 aromatic carbocycles. The smallest absolute Gasteiger partial charge is 0.197 e. The Hall–Kier alpha value is -3.63. The Balaban J connectivity index is 1.60. The Morgan fingerprint density at radius 2 is 1.61 bits per heavy atom. The minimum atomic E-state index is -0.435. The summed E-state index contributed by atoms with van der Waals surface area (Å²) in [5.74, 6) is 0.238. The van der Waals surface area contributed by atoms with Gasteiger partial charge in [-0.3, -0.25) is 4.57 Å². The number of hydrogen-bond donors (Lipinski definition) is 0. The monoisotopic (exact) mass is 430 g/mol. The Morgan fingerprint density at radius 1 is 0.935 bits per heavy atom. The van der Waals surface area contributed by atoms with Gasteiger partial charge in [0.05, 0.1) is 6.07 Å². The number of para-hydroxylation sites is 2. The van der Waals surface area contributed by atoms with Crippen molar-refractivity contribution in [3.8, 4) is 17.5 Å². The topological polar surface area (TPSA) is 63.7 Å². The van der Waals surface area contributed by atoms with E-state index < -0.39 is 5.82 Å². The SMILES string of the molecule is N#C[C@@H](Cc1ccccc1)Sc1nnc(COc2ccccc2F)n1-c1ccccc1. The molecule has 0 bridgehead atoms. The van der Waals surface area contributed by atoms with Crippen LogP contribution in [0, 0.1) is 17.1 Å². The molecule has 0 radical (unpaired) electrons. The Bertz CT molecular complexity index is 1180. The van der Waals surface area contributed by atoms with E-state index in [1.54, 1.807) is 18.2 Å². The summed E-state index contributed by atoms with van der Waals surface area (Å²) in [6.07, 6.45) is 0.588. The number of nitrogens with zero attached hydrogens (tertiary/aromatic N) is 4. The molecule has 31 heavy (non-hydrogen) atoms. The zero-order chi connectivity index (χ0) is 21.5. The Kier molecular flexibility index (Phi) is 6.60. The molecule has 1 heterocycles. The number of thioether (sulfide) groups is 1. The van der Waals surface area contributed by atoms with Crippen molar-refractivity contribution in [2.75, 3.05) is 0 Å². The molecule has 0 saturated carbocycles. The van der Waals surface area contributed by atoms with Gasteiger partial charge in [0.15, 0.2) is 22.5 Å². The molecule has 0 N–H and O–H groups in total. The highest BCUT2D eigenvalue weighted by atomic mass is 32.2. The molecule has 0 aliphatic heterocycles. The van der Waals surface area contributed by atoms with Gasteiger partial charge >= 0.3 is 0 Å². The molecule has 5 nitrogen and oxygen atoms in total. The quantitative estimate of drug-likeness (QED) is 0.359. The third kappa shape index (κ3) is 5.11.